The molecule has 0 aromatic carbocycles. The van der Waals surface area contributed by atoms with Crippen LogP contribution in [0.5, 0.6) is 0 Å². The lowest BCUT2D eigenvalue weighted by molar-refractivity contribution is -0.140. The standard InChI is InChI=1S/C12H19NO4S/c1-17-12(15)11(9-4-5-9)18(16)8-10(14)13-6-2-3-7-13/h9,11H,2-8H2,1H3. The van der Waals surface area contributed by atoms with Gasteiger partial charge in [0.1, 0.15) is 11.0 Å². The van der Waals surface area contributed by atoms with Gasteiger partial charge in [0, 0.05) is 23.9 Å². The SMILES string of the molecule is COC(=O)C(C1CC1)S(=O)CC(=O)N1CCCC1. The fourth-order valence-corrected chi connectivity index (χ4v) is 3.92. The summed E-state index contributed by atoms with van der Waals surface area (Å²) in [6, 6.07) is 0. The minimum absolute atomic E-state index is 0.0454. The van der Waals surface area contributed by atoms with Gasteiger partial charge in [-0.15, -0.1) is 0 Å². The van der Waals surface area contributed by atoms with Crippen LogP contribution in [0.15, 0.2) is 0 Å². The molecule has 0 aromatic rings. The fraction of sp³-hybridized carbons (Fsp3) is 0.833. The predicted molar refractivity (Wildman–Crippen MR) is 67.4 cm³/mol. The van der Waals surface area contributed by atoms with Gasteiger partial charge in [0.25, 0.3) is 0 Å². The molecule has 2 fully saturated rings. The number of nitrogens with zero attached hydrogens (tertiary/aromatic N) is 1. The molecule has 2 unspecified atom stereocenters. The summed E-state index contributed by atoms with van der Waals surface area (Å²) in [6.07, 6.45) is 3.84. The van der Waals surface area contributed by atoms with E-state index in [1.807, 2.05) is 0 Å². The van der Waals surface area contributed by atoms with E-state index in [1.165, 1.54) is 7.11 Å². The third kappa shape index (κ3) is 3.10. The highest BCUT2D eigenvalue weighted by atomic mass is 32.2. The normalized spacial score (nSPS) is 22.6. The van der Waals surface area contributed by atoms with Crippen LogP contribution in [0.1, 0.15) is 25.7 Å². The molecule has 18 heavy (non-hydrogen) atoms. The smallest absolute Gasteiger partial charge is 0.321 e. The quantitative estimate of drug-likeness (QED) is 0.676. The average molecular weight is 273 g/mol. The van der Waals surface area contributed by atoms with Crippen molar-refractivity contribution in [2.24, 2.45) is 5.92 Å². The van der Waals surface area contributed by atoms with E-state index in [4.69, 9.17) is 0 Å². The molecular formula is C12H19NO4S. The maximum atomic E-state index is 12.2. The fourth-order valence-electron chi connectivity index (χ4n) is 2.30. The average Bonchev–Trinajstić information content (AvgIpc) is 3.01. The molecule has 102 valence electrons. The first kappa shape index (κ1) is 13.5. The Morgan fingerprint density at radius 3 is 2.44 bits per heavy atom. The van der Waals surface area contributed by atoms with Crippen molar-refractivity contribution in [1.29, 1.82) is 0 Å². The molecule has 0 radical (unpaired) electrons. The molecule has 2 rings (SSSR count). The molecule has 1 saturated heterocycles. The van der Waals surface area contributed by atoms with Gasteiger partial charge < -0.3 is 9.64 Å². The Labute approximate surface area is 109 Å². The molecule has 0 spiro atoms. The van der Waals surface area contributed by atoms with Crippen molar-refractivity contribution in [3.8, 4) is 0 Å². The topological polar surface area (TPSA) is 63.7 Å². The van der Waals surface area contributed by atoms with Gasteiger partial charge in [-0.1, -0.05) is 0 Å². The lowest BCUT2D eigenvalue weighted by Gasteiger charge is -2.17. The summed E-state index contributed by atoms with van der Waals surface area (Å²) in [5.74, 6) is -0.439. The number of likely N-dealkylation sites (tertiary alicyclic amines) is 1. The van der Waals surface area contributed by atoms with E-state index in [0.717, 1.165) is 38.8 Å². The minimum atomic E-state index is -1.45. The van der Waals surface area contributed by atoms with Gasteiger partial charge in [-0.05, 0) is 31.6 Å². The summed E-state index contributed by atoms with van der Waals surface area (Å²) in [7, 11) is -0.144. The largest absolute Gasteiger partial charge is 0.468 e. The summed E-state index contributed by atoms with van der Waals surface area (Å²) in [4.78, 5) is 25.2. The van der Waals surface area contributed by atoms with E-state index >= 15 is 0 Å². The number of ether oxygens (including phenoxy) is 1. The number of hydrogen-bond donors (Lipinski definition) is 0. The summed E-state index contributed by atoms with van der Waals surface area (Å²) in [5.41, 5.74) is 0. The van der Waals surface area contributed by atoms with Crippen LogP contribution in [0.4, 0.5) is 0 Å². The highest BCUT2D eigenvalue weighted by Gasteiger charge is 2.42. The number of methoxy groups -OCH3 is 1. The molecule has 1 amide bonds. The van der Waals surface area contributed by atoms with Crippen LogP contribution in [0.2, 0.25) is 0 Å². The lowest BCUT2D eigenvalue weighted by Crippen LogP contribution is -2.37. The molecule has 1 aliphatic heterocycles. The zero-order chi connectivity index (χ0) is 13.1. The molecule has 1 heterocycles. The van der Waals surface area contributed by atoms with E-state index in [0.29, 0.717) is 0 Å². The molecule has 0 N–H and O–H groups in total. The summed E-state index contributed by atoms with van der Waals surface area (Å²) in [5, 5.41) is -0.610. The number of carbonyl (C=O) groups is 2. The summed E-state index contributed by atoms with van der Waals surface area (Å²) >= 11 is 0. The highest BCUT2D eigenvalue weighted by molar-refractivity contribution is 7.87. The van der Waals surface area contributed by atoms with Crippen molar-refractivity contribution < 1.29 is 18.5 Å². The Morgan fingerprint density at radius 2 is 1.94 bits per heavy atom. The van der Waals surface area contributed by atoms with Crippen LogP contribution < -0.4 is 0 Å². The van der Waals surface area contributed by atoms with Crippen LogP contribution in [-0.4, -0.2) is 52.2 Å². The van der Waals surface area contributed by atoms with Gasteiger partial charge in [-0.2, -0.15) is 0 Å². The molecule has 1 saturated carbocycles. The van der Waals surface area contributed by atoms with E-state index in [1.54, 1.807) is 4.90 Å². The van der Waals surface area contributed by atoms with E-state index in [9.17, 15) is 13.8 Å². The van der Waals surface area contributed by atoms with Gasteiger partial charge in [-0.3, -0.25) is 13.8 Å². The third-order valence-corrected chi connectivity index (χ3v) is 5.17. The van der Waals surface area contributed by atoms with Gasteiger partial charge in [0.05, 0.1) is 7.11 Å². The number of hydrogen-bond acceptors (Lipinski definition) is 4. The van der Waals surface area contributed by atoms with Gasteiger partial charge in [-0.25, -0.2) is 0 Å². The zero-order valence-electron chi connectivity index (χ0n) is 10.6. The van der Waals surface area contributed by atoms with Crippen molar-refractivity contribution in [3.05, 3.63) is 0 Å². The summed E-state index contributed by atoms with van der Waals surface area (Å²) in [6.45, 7) is 1.50. The maximum absolute atomic E-state index is 12.2. The van der Waals surface area contributed by atoms with Crippen molar-refractivity contribution in [2.75, 3.05) is 26.0 Å². The number of rotatable bonds is 5. The Morgan fingerprint density at radius 1 is 1.33 bits per heavy atom. The molecule has 2 aliphatic rings. The number of carbonyl (C=O) groups excluding carboxylic acids is 2. The zero-order valence-corrected chi connectivity index (χ0v) is 11.4. The first-order valence-electron chi connectivity index (χ1n) is 6.36. The van der Waals surface area contributed by atoms with Crippen LogP contribution in [-0.2, 0) is 25.1 Å². The first-order valence-corrected chi connectivity index (χ1v) is 7.74. The van der Waals surface area contributed by atoms with Crippen molar-refractivity contribution >= 4 is 22.7 Å². The molecule has 0 aromatic heterocycles. The highest BCUT2D eigenvalue weighted by Crippen LogP contribution is 2.36. The molecule has 2 atom stereocenters. The Bertz CT molecular complexity index is 361. The number of amides is 1. The second kappa shape index (κ2) is 5.82. The van der Waals surface area contributed by atoms with Crippen LogP contribution in [0.3, 0.4) is 0 Å². The molecule has 1 aliphatic carbocycles. The van der Waals surface area contributed by atoms with E-state index < -0.39 is 22.0 Å². The van der Waals surface area contributed by atoms with E-state index in [-0.39, 0.29) is 17.6 Å². The van der Waals surface area contributed by atoms with Crippen molar-refractivity contribution in [3.63, 3.8) is 0 Å². The van der Waals surface area contributed by atoms with Crippen LogP contribution in [0.25, 0.3) is 0 Å². The molecule has 6 heteroatoms. The Balaban J connectivity index is 1.92. The van der Waals surface area contributed by atoms with E-state index in [2.05, 4.69) is 4.74 Å². The molecule has 5 nitrogen and oxygen atoms in total. The second-order valence-corrected chi connectivity index (χ2v) is 6.45. The molecular weight excluding hydrogens is 254 g/mol. The maximum Gasteiger partial charge on any atom is 0.321 e. The minimum Gasteiger partial charge on any atom is -0.468 e. The third-order valence-electron chi connectivity index (χ3n) is 3.49. The van der Waals surface area contributed by atoms with Crippen LogP contribution in [0, 0.1) is 5.92 Å². The summed E-state index contributed by atoms with van der Waals surface area (Å²) < 4.78 is 16.8. The monoisotopic (exact) mass is 273 g/mol. The lowest BCUT2D eigenvalue weighted by atomic mass is 10.3. The first-order chi connectivity index (χ1) is 8.63. The van der Waals surface area contributed by atoms with Gasteiger partial charge >= 0.3 is 5.97 Å². The van der Waals surface area contributed by atoms with Crippen molar-refractivity contribution in [1.82, 2.24) is 4.90 Å². The molecule has 0 bridgehead atoms. The second-order valence-electron chi connectivity index (χ2n) is 4.89. The van der Waals surface area contributed by atoms with Gasteiger partial charge in [0.2, 0.25) is 5.91 Å². The van der Waals surface area contributed by atoms with Gasteiger partial charge in [0.15, 0.2) is 0 Å². The predicted octanol–water partition coefficient (Wildman–Crippen LogP) is 0.309. The van der Waals surface area contributed by atoms with Crippen LogP contribution >= 0.6 is 0 Å². The Hall–Kier alpha value is -0.910. The van der Waals surface area contributed by atoms with Crippen molar-refractivity contribution in [2.45, 2.75) is 30.9 Å². The number of esters is 1. The Kier molecular flexibility index (Phi) is 4.37.